The zero-order chi connectivity index (χ0) is 15.4. The van der Waals surface area contributed by atoms with Gasteiger partial charge in [-0.3, -0.25) is 4.79 Å². The lowest BCUT2D eigenvalue weighted by Gasteiger charge is -2.15. The summed E-state index contributed by atoms with van der Waals surface area (Å²) in [4.78, 5) is 12.1. The van der Waals surface area contributed by atoms with Crippen LogP contribution in [0.5, 0.6) is 0 Å². The Hall–Kier alpha value is -1.87. The molecule has 0 atom stereocenters. The Morgan fingerprint density at radius 2 is 1.90 bits per heavy atom. The van der Waals surface area contributed by atoms with E-state index in [1.165, 1.54) is 5.56 Å². The monoisotopic (exact) mass is 284 g/mol. The molecule has 0 unspecified atom stereocenters. The van der Waals surface area contributed by atoms with Crippen LogP contribution in [0.2, 0.25) is 0 Å². The van der Waals surface area contributed by atoms with Gasteiger partial charge in [0.2, 0.25) is 0 Å². The van der Waals surface area contributed by atoms with Crippen LogP contribution in [-0.2, 0) is 6.54 Å². The Bertz CT molecular complexity index is 671. The highest BCUT2D eigenvalue weighted by Crippen LogP contribution is 2.15. The molecule has 3 heteroatoms. The SMILES string of the molecule is Cc1ccccc1-n1cc(CNCC(C)C)c(=O)cc1C. The molecular formula is C18H24N2O. The molecule has 1 aromatic heterocycles. The molecule has 0 aliphatic rings. The van der Waals surface area contributed by atoms with Crippen molar-refractivity contribution in [2.75, 3.05) is 6.54 Å². The Kier molecular flexibility index (Phi) is 4.97. The fraction of sp³-hybridized carbons (Fsp3) is 0.389. The van der Waals surface area contributed by atoms with Gasteiger partial charge in [0.15, 0.2) is 5.43 Å². The highest BCUT2D eigenvalue weighted by atomic mass is 16.1. The topological polar surface area (TPSA) is 34.0 Å². The highest BCUT2D eigenvalue weighted by Gasteiger charge is 2.07. The van der Waals surface area contributed by atoms with Crippen LogP contribution < -0.4 is 10.7 Å². The Labute approximate surface area is 126 Å². The summed E-state index contributed by atoms with van der Waals surface area (Å²) in [5.41, 5.74) is 4.20. The summed E-state index contributed by atoms with van der Waals surface area (Å²) in [5.74, 6) is 0.578. The summed E-state index contributed by atoms with van der Waals surface area (Å²) in [7, 11) is 0. The van der Waals surface area contributed by atoms with Crippen LogP contribution >= 0.6 is 0 Å². The van der Waals surface area contributed by atoms with Crippen molar-refractivity contribution < 1.29 is 0 Å². The standard InChI is InChI=1S/C18H24N2O/c1-13(2)10-19-11-16-12-20(15(4)9-18(16)21)17-8-6-5-7-14(17)3/h5-9,12-13,19H,10-11H2,1-4H3. The smallest absolute Gasteiger partial charge is 0.186 e. The van der Waals surface area contributed by atoms with Crippen LogP contribution in [0, 0.1) is 19.8 Å². The third-order valence-corrected chi connectivity index (χ3v) is 3.56. The lowest BCUT2D eigenvalue weighted by molar-refractivity contribution is 0.550. The van der Waals surface area contributed by atoms with Gasteiger partial charge in [-0.2, -0.15) is 0 Å². The minimum atomic E-state index is 0.105. The van der Waals surface area contributed by atoms with Crippen LogP contribution in [-0.4, -0.2) is 11.1 Å². The molecule has 2 rings (SSSR count). The molecule has 0 bridgehead atoms. The van der Waals surface area contributed by atoms with Crippen molar-refractivity contribution in [3.8, 4) is 5.69 Å². The second-order valence-corrected chi connectivity index (χ2v) is 5.99. The minimum Gasteiger partial charge on any atom is -0.320 e. The molecule has 0 aliphatic carbocycles. The molecule has 21 heavy (non-hydrogen) atoms. The van der Waals surface area contributed by atoms with E-state index in [4.69, 9.17) is 0 Å². The lowest BCUT2D eigenvalue weighted by Crippen LogP contribution is -2.24. The number of nitrogens with zero attached hydrogens (tertiary/aromatic N) is 1. The first-order valence-corrected chi connectivity index (χ1v) is 7.48. The van der Waals surface area contributed by atoms with Crippen molar-refractivity contribution in [1.82, 2.24) is 9.88 Å². The number of aromatic nitrogens is 1. The first-order chi connectivity index (χ1) is 9.99. The predicted molar refractivity (Wildman–Crippen MR) is 88.1 cm³/mol. The summed E-state index contributed by atoms with van der Waals surface area (Å²) < 4.78 is 2.10. The molecule has 1 aromatic carbocycles. The fourth-order valence-electron chi connectivity index (χ4n) is 2.39. The molecule has 0 amide bonds. The van der Waals surface area contributed by atoms with Crippen molar-refractivity contribution in [1.29, 1.82) is 0 Å². The summed E-state index contributed by atoms with van der Waals surface area (Å²) in [5, 5.41) is 3.34. The number of hydrogen-bond donors (Lipinski definition) is 1. The van der Waals surface area contributed by atoms with Gasteiger partial charge in [0, 0.05) is 35.8 Å². The number of para-hydroxylation sites is 1. The largest absolute Gasteiger partial charge is 0.320 e. The molecule has 112 valence electrons. The van der Waals surface area contributed by atoms with Crippen molar-refractivity contribution in [2.45, 2.75) is 34.2 Å². The van der Waals surface area contributed by atoms with Gasteiger partial charge in [0.05, 0.1) is 0 Å². The molecule has 0 spiro atoms. The van der Waals surface area contributed by atoms with Gasteiger partial charge in [0.1, 0.15) is 0 Å². The summed E-state index contributed by atoms with van der Waals surface area (Å²) in [6.07, 6.45) is 1.97. The maximum Gasteiger partial charge on any atom is 0.186 e. The maximum atomic E-state index is 12.1. The minimum absolute atomic E-state index is 0.105. The van der Waals surface area contributed by atoms with E-state index in [0.717, 1.165) is 23.5 Å². The third-order valence-electron chi connectivity index (χ3n) is 3.56. The van der Waals surface area contributed by atoms with Crippen molar-refractivity contribution >= 4 is 0 Å². The summed E-state index contributed by atoms with van der Waals surface area (Å²) in [6.45, 7) is 9.91. The maximum absolute atomic E-state index is 12.1. The van der Waals surface area contributed by atoms with Crippen molar-refractivity contribution in [3.63, 3.8) is 0 Å². The lowest BCUT2D eigenvalue weighted by atomic mass is 10.1. The fourth-order valence-corrected chi connectivity index (χ4v) is 2.39. The quantitative estimate of drug-likeness (QED) is 0.915. The van der Waals surface area contributed by atoms with Crippen LogP contribution in [0.1, 0.15) is 30.7 Å². The number of nitrogens with one attached hydrogen (secondary N) is 1. The molecule has 0 radical (unpaired) electrons. The first-order valence-electron chi connectivity index (χ1n) is 7.48. The zero-order valence-corrected chi connectivity index (χ0v) is 13.3. The molecular weight excluding hydrogens is 260 g/mol. The number of rotatable bonds is 5. The number of benzene rings is 1. The molecule has 2 aromatic rings. The number of pyridine rings is 1. The van der Waals surface area contributed by atoms with E-state index in [1.54, 1.807) is 6.07 Å². The van der Waals surface area contributed by atoms with Gasteiger partial charge in [-0.15, -0.1) is 0 Å². The first kappa shape index (κ1) is 15.5. The van der Waals surface area contributed by atoms with Gasteiger partial charge >= 0.3 is 0 Å². The molecule has 0 aliphatic heterocycles. The van der Waals surface area contributed by atoms with Crippen LogP contribution in [0.15, 0.2) is 41.3 Å². The average Bonchev–Trinajstić information content (AvgIpc) is 2.42. The van der Waals surface area contributed by atoms with E-state index in [-0.39, 0.29) is 5.43 Å². The van der Waals surface area contributed by atoms with E-state index >= 15 is 0 Å². The second kappa shape index (κ2) is 6.72. The van der Waals surface area contributed by atoms with Crippen LogP contribution in [0.4, 0.5) is 0 Å². The average molecular weight is 284 g/mol. The summed E-state index contributed by atoms with van der Waals surface area (Å²) >= 11 is 0. The van der Waals surface area contributed by atoms with E-state index in [9.17, 15) is 4.79 Å². The molecule has 0 fully saturated rings. The van der Waals surface area contributed by atoms with Crippen LogP contribution in [0.25, 0.3) is 5.69 Å². The third kappa shape index (κ3) is 3.82. The molecule has 1 N–H and O–H groups in total. The van der Waals surface area contributed by atoms with Gasteiger partial charge in [0.25, 0.3) is 0 Å². The number of aryl methyl sites for hydroxylation is 2. The van der Waals surface area contributed by atoms with Crippen molar-refractivity contribution in [2.24, 2.45) is 5.92 Å². The normalized spacial score (nSPS) is 11.1. The van der Waals surface area contributed by atoms with Gasteiger partial charge < -0.3 is 9.88 Å². The Balaban J connectivity index is 2.35. The van der Waals surface area contributed by atoms with Crippen molar-refractivity contribution in [3.05, 3.63) is 63.6 Å². The van der Waals surface area contributed by atoms with Gasteiger partial charge in [-0.05, 0) is 37.9 Å². The molecule has 1 heterocycles. The molecule has 3 nitrogen and oxygen atoms in total. The highest BCUT2D eigenvalue weighted by molar-refractivity contribution is 5.42. The van der Waals surface area contributed by atoms with E-state index in [2.05, 4.69) is 42.8 Å². The van der Waals surface area contributed by atoms with Crippen LogP contribution in [0.3, 0.4) is 0 Å². The Morgan fingerprint density at radius 1 is 1.19 bits per heavy atom. The number of hydrogen-bond acceptors (Lipinski definition) is 2. The van der Waals surface area contributed by atoms with Gasteiger partial charge in [-0.25, -0.2) is 0 Å². The Morgan fingerprint density at radius 3 is 2.57 bits per heavy atom. The van der Waals surface area contributed by atoms with Gasteiger partial charge in [-0.1, -0.05) is 32.0 Å². The zero-order valence-electron chi connectivity index (χ0n) is 13.3. The molecule has 0 saturated carbocycles. The van der Waals surface area contributed by atoms with E-state index in [0.29, 0.717) is 12.5 Å². The second-order valence-electron chi connectivity index (χ2n) is 5.99. The van der Waals surface area contributed by atoms with E-state index < -0.39 is 0 Å². The predicted octanol–water partition coefficient (Wildman–Crippen LogP) is 3.20. The van der Waals surface area contributed by atoms with E-state index in [1.807, 2.05) is 25.3 Å². The molecule has 0 saturated heterocycles. The summed E-state index contributed by atoms with van der Waals surface area (Å²) in [6, 6.07) is 9.94.